The van der Waals surface area contributed by atoms with Crippen molar-refractivity contribution in [2.45, 2.75) is 19.3 Å². The summed E-state index contributed by atoms with van der Waals surface area (Å²) in [6.07, 6.45) is 2.59. The minimum Gasteiger partial charge on any atom is -0.495 e. The summed E-state index contributed by atoms with van der Waals surface area (Å²) in [6, 6.07) is 5.55. The summed E-state index contributed by atoms with van der Waals surface area (Å²) in [5, 5.41) is 3.97. The van der Waals surface area contributed by atoms with Gasteiger partial charge in [0.2, 0.25) is 5.91 Å². The molecule has 1 aromatic carbocycles. The van der Waals surface area contributed by atoms with Crippen LogP contribution in [0.5, 0.6) is 5.75 Å². The third kappa shape index (κ3) is 4.45. The maximum Gasteiger partial charge on any atom is 0.227 e. The lowest BCUT2D eigenvalue weighted by molar-refractivity contribution is -0.130. The highest BCUT2D eigenvalue weighted by Gasteiger charge is 2.47. The van der Waals surface area contributed by atoms with Crippen molar-refractivity contribution in [1.29, 1.82) is 0 Å². The first kappa shape index (κ1) is 21.3. The number of carbonyl (C=O) groups is 1. The van der Waals surface area contributed by atoms with Crippen LogP contribution >= 0.6 is 24.0 Å². The molecule has 1 aromatic rings. The third-order valence-corrected chi connectivity index (χ3v) is 6.00. The Morgan fingerprint density at radius 2 is 2.08 bits per heavy atom. The minimum absolute atomic E-state index is 0. The van der Waals surface area contributed by atoms with Crippen molar-refractivity contribution in [2.24, 2.45) is 11.3 Å². The van der Waals surface area contributed by atoms with Crippen LogP contribution in [0.25, 0.3) is 0 Å². The highest BCUT2D eigenvalue weighted by molar-refractivity contribution is 6.32. The normalized spacial score (nSPS) is 21.5. The van der Waals surface area contributed by atoms with E-state index in [1.165, 1.54) is 0 Å². The summed E-state index contributed by atoms with van der Waals surface area (Å²) < 4.78 is 10.6. The first-order valence-electron chi connectivity index (χ1n) is 8.88. The van der Waals surface area contributed by atoms with E-state index in [0.29, 0.717) is 23.1 Å². The van der Waals surface area contributed by atoms with E-state index in [0.717, 1.165) is 51.2 Å². The molecule has 1 spiro atoms. The fourth-order valence-corrected chi connectivity index (χ4v) is 4.53. The topological polar surface area (TPSA) is 50.8 Å². The lowest BCUT2D eigenvalue weighted by atomic mass is 9.71. The second-order valence-electron chi connectivity index (χ2n) is 7.18. The van der Waals surface area contributed by atoms with E-state index >= 15 is 0 Å². The molecule has 0 aliphatic carbocycles. The van der Waals surface area contributed by atoms with Crippen molar-refractivity contribution < 1.29 is 14.3 Å². The second kappa shape index (κ2) is 9.27. The van der Waals surface area contributed by atoms with Gasteiger partial charge in [0.05, 0.1) is 25.2 Å². The van der Waals surface area contributed by atoms with Gasteiger partial charge in [-0.05, 0) is 49.0 Å². The van der Waals surface area contributed by atoms with Gasteiger partial charge in [0.1, 0.15) is 5.75 Å². The largest absolute Gasteiger partial charge is 0.495 e. The van der Waals surface area contributed by atoms with Gasteiger partial charge in [0.25, 0.3) is 0 Å². The zero-order chi connectivity index (χ0) is 17.9. The van der Waals surface area contributed by atoms with E-state index in [2.05, 4.69) is 5.32 Å². The number of methoxy groups -OCH3 is 2. The molecule has 0 radical (unpaired) electrons. The molecule has 2 aliphatic rings. The van der Waals surface area contributed by atoms with Gasteiger partial charge >= 0.3 is 0 Å². The van der Waals surface area contributed by atoms with Crippen LogP contribution in [0.2, 0.25) is 5.02 Å². The number of ether oxygens (including phenoxy) is 2. The molecule has 2 heterocycles. The number of rotatable bonds is 5. The zero-order valence-electron chi connectivity index (χ0n) is 15.4. The fourth-order valence-electron chi connectivity index (χ4n) is 4.25. The average Bonchev–Trinajstić information content (AvgIpc) is 2.94. The molecular weight excluding hydrogens is 375 g/mol. The summed E-state index contributed by atoms with van der Waals surface area (Å²) in [4.78, 5) is 14.9. The maximum atomic E-state index is 12.9. The number of likely N-dealkylation sites (tertiary alicyclic amines) is 1. The minimum atomic E-state index is 0. The Labute approximate surface area is 166 Å². The molecule has 7 heteroatoms. The van der Waals surface area contributed by atoms with Gasteiger partial charge in [-0.25, -0.2) is 0 Å². The SMILES string of the molecule is COCC1CN(C(=O)Cc2ccc(OC)c(Cl)c2)CC12CCNCC2.Cl. The molecule has 2 saturated heterocycles. The van der Waals surface area contributed by atoms with E-state index in [1.54, 1.807) is 14.2 Å². The van der Waals surface area contributed by atoms with Gasteiger partial charge in [0, 0.05) is 26.1 Å². The molecule has 1 N–H and O–H groups in total. The summed E-state index contributed by atoms with van der Waals surface area (Å²) >= 11 is 6.18. The molecule has 2 aliphatic heterocycles. The predicted molar refractivity (Wildman–Crippen MR) is 105 cm³/mol. The Bertz CT molecular complexity index is 621. The van der Waals surface area contributed by atoms with Crippen LogP contribution in [0, 0.1) is 11.3 Å². The van der Waals surface area contributed by atoms with E-state index in [4.69, 9.17) is 21.1 Å². The lowest BCUT2D eigenvalue weighted by Crippen LogP contribution is -2.43. The smallest absolute Gasteiger partial charge is 0.227 e. The van der Waals surface area contributed by atoms with Crippen LogP contribution in [0.3, 0.4) is 0 Å². The van der Waals surface area contributed by atoms with E-state index in [-0.39, 0.29) is 23.7 Å². The van der Waals surface area contributed by atoms with Crippen LogP contribution in [0.15, 0.2) is 18.2 Å². The highest BCUT2D eigenvalue weighted by Crippen LogP contribution is 2.43. The van der Waals surface area contributed by atoms with Crippen molar-refractivity contribution in [2.75, 3.05) is 47.0 Å². The molecule has 1 amide bonds. The molecule has 0 saturated carbocycles. The first-order chi connectivity index (χ1) is 12.1. The van der Waals surface area contributed by atoms with Crippen molar-refractivity contribution in [3.05, 3.63) is 28.8 Å². The lowest BCUT2D eigenvalue weighted by Gasteiger charge is -2.38. The Morgan fingerprint density at radius 1 is 1.35 bits per heavy atom. The molecular formula is C19H28Cl2N2O3. The fraction of sp³-hybridized carbons (Fsp3) is 0.632. The number of benzene rings is 1. The van der Waals surface area contributed by atoms with Gasteiger partial charge in [-0.15, -0.1) is 12.4 Å². The van der Waals surface area contributed by atoms with Gasteiger partial charge in [0.15, 0.2) is 0 Å². The van der Waals surface area contributed by atoms with Crippen LogP contribution in [0.1, 0.15) is 18.4 Å². The van der Waals surface area contributed by atoms with E-state index < -0.39 is 0 Å². The van der Waals surface area contributed by atoms with Gasteiger partial charge in [-0.3, -0.25) is 4.79 Å². The number of nitrogens with zero attached hydrogens (tertiary/aromatic N) is 1. The van der Waals surface area contributed by atoms with Crippen LogP contribution in [-0.4, -0.2) is 57.8 Å². The highest BCUT2D eigenvalue weighted by atomic mass is 35.5. The van der Waals surface area contributed by atoms with Gasteiger partial charge in [-0.1, -0.05) is 17.7 Å². The van der Waals surface area contributed by atoms with Crippen molar-refractivity contribution in [1.82, 2.24) is 10.2 Å². The third-order valence-electron chi connectivity index (χ3n) is 5.70. The molecule has 146 valence electrons. The number of piperidine rings is 1. The second-order valence-corrected chi connectivity index (χ2v) is 7.59. The standard InChI is InChI=1S/C19H27ClN2O3.ClH/c1-24-12-15-11-22(13-19(15)5-7-21-8-6-19)18(23)10-14-3-4-17(25-2)16(20)9-14;/h3-4,9,15,21H,5-8,10-13H2,1-2H3;1H. The van der Waals surface area contributed by atoms with Crippen molar-refractivity contribution >= 4 is 29.9 Å². The average molecular weight is 403 g/mol. The predicted octanol–water partition coefficient (Wildman–Crippen LogP) is 2.79. The summed E-state index contributed by atoms with van der Waals surface area (Å²) in [5.74, 6) is 1.22. The van der Waals surface area contributed by atoms with Crippen LogP contribution < -0.4 is 10.1 Å². The van der Waals surface area contributed by atoms with Crippen molar-refractivity contribution in [3.8, 4) is 5.75 Å². The van der Waals surface area contributed by atoms with Crippen LogP contribution in [0.4, 0.5) is 0 Å². The number of nitrogens with one attached hydrogen (secondary N) is 1. The van der Waals surface area contributed by atoms with Crippen molar-refractivity contribution in [3.63, 3.8) is 0 Å². The molecule has 2 fully saturated rings. The summed E-state index contributed by atoms with van der Waals surface area (Å²) in [7, 11) is 3.34. The number of halogens is 2. The Morgan fingerprint density at radius 3 is 2.69 bits per heavy atom. The maximum absolute atomic E-state index is 12.9. The number of hydrogen-bond acceptors (Lipinski definition) is 4. The quantitative estimate of drug-likeness (QED) is 0.822. The monoisotopic (exact) mass is 402 g/mol. The molecule has 3 rings (SSSR count). The van der Waals surface area contributed by atoms with Gasteiger partial charge < -0.3 is 19.7 Å². The molecule has 0 bridgehead atoms. The van der Waals surface area contributed by atoms with Crippen LogP contribution in [-0.2, 0) is 16.0 Å². The molecule has 1 unspecified atom stereocenters. The Kier molecular flexibility index (Phi) is 7.59. The number of hydrogen-bond donors (Lipinski definition) is 1. The molecule has 1 atom stereocenters. The van der Waals surface area contributed by atoms with E-state index in [1.807, 2.05) is 23.1 Å². The number of amides is 1. The Balaban J connectivity index is 0.00000243. The molecule has 26 heavy (non-hydrogen) atoms. The summed E-state index contributed by atoms with van der Waals surface area (Å²) in [6.45, 7) is 4.40. The zero-order valence-corrected chi connectivity index (χ0v) is 17.0. The van der Waals surface area contributed by atoms with E-state index in [9.17, 15) is 4.79 Å². The molecule has 0 aromatic heterocycles. The first-order valence-corrected chi connectivity index (χ1v) is 9.25. The number of carbonyl (C=O) groups excluding carboxylic acids is 1. The van der Waals surface area contributed by atoms with Gasteiger partial charge in [-0.2, -0.15) is 0 Å². The molecule has 5 nitrogen and oxygen atoms in total. The Hall–Kier alpha value is -1.01. The summed E-state index contributed by atoms with van der Waals surface area (Å²) in [5.41, 5.74) is 1.12.